The lowest BCUT2D eigenvalue weighted by Crippen LogP contribution is -2.32. The van der Waals surface area contributed by atoms with Crippen LogP contribution in [0.3, 0.4) is 0 Å². The Kier molecular flexibility index (Phi) is 1.46. The van der Waals surface area contributed by atoms with Crippen LogP contribution in [-0.4, -0.2) is 15.8 Å². The molecule has 1 atom stereocenters. The van der Waals surface area contributed by atoms with Crippen molar-refractivity contribution in [3.05, 3.63) is 17.5 Å². The summed E-state index contributed by atoms with van der Waals surface area (Å²) < 4.78 is 1.89. The van der Waals surface area contributed by atoms with E-state index >= 15 is 0 Å². The van der Waals surface area contributed by atoms with Crippen molar-refractivity contribution in [1.29, 1.82) is 0 Å². The van der Waals surface area contributed by atoms with Crippen LogP contribution in [0.15, 0.2) is 6.20 Å². The maximum atomic E-state index is 4.34. The standard InChI is InChI=1S/C8H13N3/c1-6-3-7-5-11(2)10-8(7)4-9-6/h5-6,9H,3-4H2,1-2H3/t6-/m0/s1. The van der Waals surface area contributed by atoms with E-state index in [-0.39, 0.29) is 0 Å². The first kappa shape index (κ1) is 6.85. The Bertz CT molecular complexity index is 264. The lowest BCUT2D eigenvalue weighted by molar-refractivity contribution is 0.507. The molecule has 11 heavy (non-hydrogen) atoms. The molecule has 0 bridgehead atoms. The summed E-state index contributed by atoms with van der Waals surface area (Å²) in [6, 6.07) is 0.603. The highest BCUT2D eigenvalue weighted by Gasteiger charge is 2.16. The van der Waals surface area contributed by atoms with Crippen LogP contribution in [0.25, 0.3) is 0 Å². The van der Waals surface area contributed by atoms with Gasteiger partial charge in [-0.1, -0.05) is 0 Å². The number of fused-ring (bicyclic) bond motifs is 1. The Labute approximate surface area is 66.4 Å². The van der Waals surface area contributed by atoms with Crippen molar-refractivity contribution in [2.24, 2.45) is 7.05 Å². The van der Waals surface area contributed by atoms with Crippen molar-refractivity contribution in [1.82, 2.24) is 15.1 Å². The summed E-state index contributed by atoms with van der Waals surface area (Å²) in [5, 5.41) is 7.72. The molecule has 0 radical (unpaired) electrons. The van der Waals surface area contributed by atoms with Crippen LogP contribution in [0.1, 0.15) is 18.2 Å². The number of nitrogens with one attached hydrogen (secondary N) is 1. The summed E-state index contributed by atoms with van der Waals surface area (Å²) in [6.07, 6.45) is 3.23. The van der Waals surface area contributed by atoms with Gasteiger partial charge in [-0.25, -0.2) is 0 Å². The molecule has 0 amide bonds. The van der Waals surface area contributed by atoms with Crippen molar-refractivity contribution in [2.45, 2.75) is 25.9 Å². The number of rotatable bonds is 0. The number of hydrogen-bond acceptors (Lipinski definition) is 2. The molecule has 2 heterocycles. The lowest BCUT2D eigenvalue weighted by atomic mass is 10.0. The average molecular weight is 151 g/mol. The van der Waals surface area contributed by atoms with Crippen LogP contribution >= 0.6 is 0 Å². The molecule has 1 aliphatic heterocycles. The van der Waals surface area contributed by atoms with E-state index in [4.69, 9.17) is 0 Å². The van der Waals surface area contributed by atoms with Crippen LogP contribution < -0.4 is 5.32 Å². The zero-order chi connectivity index (χ0) is 7.84. The van der Waals surface area contributed by atoms with Crippen LogP contribution in [-0.2, 0) is 20.0 Å². The van der Waals surface area contributed by atoms with Gasteiger partial charge in [0, 0.05) is 25.8 Å². The van der Waals surface area contributed by atoms with Gasteiger partial charge >= 0.3 is 0 Å². The molecule has 0 aromatic carbocycles. The van der Waals surface area contributed by atoms with Gasteiger partial charge in [0.15, 0.2) is 0 Å². The third-order valence-electron chi connectivity index (χ3n) is 2.14. The minimum atomic E-state index is 0.603. The third kappa shape index (κ3) is 1.16. The lowest BCUT2D eigenvalue weighted by Gasteiger charge is -2.18. The fourth-order valence-corrected chi connectivity index (χ4v) is 1.58. The normalized spacial score (nSPS) is 23.3. The molecule has 1 aromatic heterocycles. The molecular weight excluding hydrogens is 138 g/mol. The Hall–Kier alpha value is -0.830. The molecule has 60 valence electrons. The van der Waals surface area contributed by atoms with Crippen molar-refractivity contribution >= 4 is 0 Å². The zero-order valence-electron chi connectivity index (χ0n) is 6.96. The van der Waals surface area contributed by atoms with Crippen LogP contribution in [0.2, 0.25) is 0 Å². The molecule has 0 saturated carbocycles. The second-order valence-corrected chi connectivity index (χ2v) is 3.26. The van der Waals surface area contributed by atoms with Crippen LogP contribution in [0.5, 0.6) is 0 Å². The van der Waals surface area contributed by atoms with E-state index in [1.807, 2.05) is 11.7 Å². The van der Waals surface area contributed by atoms with E-state index in [9.17, 15) is 0 Å². The molecule has 0 aliphatic carbocycles. The molecule has 0 saturated heterocycles. The van der Waals surface area contributed by atoms with Gasteiger partial charge in [-0.15, -0.1) is 0 Å². The zero-order valence-corrected chi connectivity index (χ0v) is 6.96. The molecule has 3 heteroatoms. The smallest absolute Gasteiger partial charge is 0.0794 e. The van der Waals surface area contributed by atoms with Crippen LogP contribution in [0, 0.1) is 0 Å². The minimum absolute atomic E-state index is 0.603. The molecule has 2 rings (SSSR count). The number of hydrogen-bond donors (Lipinski definition) is 1. The largest absolute Gasteiger partial charge is 0.308 e. The fourth-order valence-electron chi connectivity index (χ4n) is 1.58. The Morgan fingerprint density at radius 3 is 3.36 bits per heavy atom. The van der Waals surface area contributed by atoms with Crippen molar-refractivity contribution in [3.8, 4) is 0 Å². The number of aryl methyl sites for hydroxylation is 1. The van der Waals surface area contributed by atoms with Crippen molar-refractivity contribution in [2.75, 3.05) is 0 Å². The molecule has 0 fully saturated rings. The van der Waals surface area contributed by atoms with E-state index in [2.05, 4.69) is 23.5 Å². The summed E-state index contributed by atoms with van der Waals surface area (Å²) in [5.74, 6) is 0. The second-order valence-electron chi connectivity index (χ2n) is 3.26. The minimum Gasteiger partial charge on any atom is -0.308 e. The predicted octanol–water partition coefficient (Wildman–Crippen LogP) is 0.454. The number of nitrogens with zero attached hydrogens (tertiary/aromatic N) is 2. The quantitative estimate of drug-likeness (QED) is 0.583. The first-order valence-electron chi connectivity index (χ1n) is 4.00. The first-order valence-corrected chi connectivity index (χ1v) is 4.00. The molecule has 1 N–H and O–H groups in total. The fraction of sp³-hybridized carbons (Fsp3) is 0.625. The van der Waals surface area contributed by atoms with Gasteiger partial charge in [0.05, 0.1) is 5.69 Å². The van der Waals surface area contributed by atoms with Gasteiger partial charge < -0.3 is 5.32 Å². The molecule has 0 unspecified atom stereocenters. The molecule has 1 aromatic rings. The maximum absolute atomic E-state index is 4.34. The van der Waals surface area contributed by atoms with Gasteiger partial charge in [0.1, 0.15) is 0 Å². The molecule has 3 nitrogen and oxygen atoms in total. The monoisotopic (exact) mass is 151 g/mol. The third-order valence-corrected chi connectivity index (χ3v) is 2.14. The van der Waals surface area contributed by atoms with E-state index in [0.717, 1.165) is 13.0 Å². The molecule has 0 spiro atoms. The maximum Gasteiger partial charge on any atom is 0.0794 e. The topological polar surface area (TPSA) is 29.9 Å². The first-order chi connectivity index (χ1) is 5.25. The van der Waals surface area contributed by atoms with Crippen LogP contribution in [0.4, 0.5) is 0 Å². The summed E-state index contributed by atoms with van der Waals surface area (Å²) in [7, 11) is 1.98. The average Bonchev–Trinajstić information content (AvgIpc) is 2.27. The van der Waals surface area contributed by atoms with Gasteiger partial charge in [0.25, 0.3) is 0 Å². The Morgan fingerprint density at radius 1 is 1.73 bits per heavy atom. The summed E-state index contributed by atoms with van der Waals surface area (Å²) in [4.78, 5) is 0. The number of aromatic nitrogens is 2. The van der Waals surface area contributed by atoms with Gasteiger partial charge in [0.2, 0.25) is 0 Å². The summed E-state index contributed by atoms with van der Waals surface area (Å²) in [6.45, 7) is 3.13. The second kappa shape index (κ2) is 2.34. The van der Waals surface area contributed by atoms with E-state index in [0.29, 0.717) is 6.04 Å². The Balaban J connectivity index is 2.34. The highest BCUT2D eigenvalue weighted by Crippen LogP contribution is 2.13. The van der Waals surface area contributed by atoms with E-state index in [1.165, 1.54) is 11.3 Å². The SMILES string of the molecule is C[C@H]1Cc2cn(C)nc2CN1. The molecule has 1 aliphatic rings. The highest BCUT2D eigenvalue weighted by atomic mass is 15.3. The van der Waals surface area contributed by atoms with E-state index < -0.39 is 0 Å². The molecular formula is C8H13N3. The predicted molar refractivity (Wildman–Crippen MR) is 43.2 cm³/mol. The van der Waals surface area contributed by atoms with Gasteiger partial charge in [-0.05, 0) is 18.9 Å². The highest BCUT2D eigenvalue weighted by molar-refractivity contribution is 5.20. The van der Waals surface area contributed by atoms with Gasteiger partial charge in [-0.2, -0.15) is 5.10 Å². The van der Waals surface area contributed by atoms with Gasteiger partial charge in [-0.3, -0.25) is 4.68 Å². The van der Waals surface area contributed by atoms with Crippen molar-refractivity contribution < 1.29 is 0 Å². The summed E-state index contributed by atoms with van der Waals surface area (Å²) in [5.41, 5.74) is 2.62. The van der Waals surface area contributed by atoms with Crippen molar-refractivity contribution in [3.63, 3.8) is 0 Å². The van der Waals surface area contributed by atoms with E-state index in [1.54, 1.807) is 0 Å². The summed E-state index contributed by atoms with van der Waals surface area (Å²) >= 11 is 0. The Morgan fingerprint density at radius 2 is 2.55 bits per heavy atom.